The van der Waals surface area contributed by atoms with Crippen molar-refractivity contribution in [1.29, 1.82) is 0 Å². The summed E-state index contributed by atoms with van der Waals surface area (Å²) in [7, 11) is 0. The summed E-state index contributed by atoms with van der Waals surface area (Å²) >= 11 is 0. The molecule has 3 heterocycles. The molecule has 0 aliphatic rings. The van der Waals surface area contributed by atoms with Gasteiger partial charge in [0.05, 0.1) is 33.1 Å². The molecular weight excluding hydrogens is 595 g/mol. The zero-order valence-electron chi connectivity index (χ0n) is 26.6. The molecule has 0 aliphatic heterocycles. The highest BCUT2D eigenvalue weighted by molar-refractivity contribution is 6.28. The fourth-order valence-electron chi connectivity index (χ4n) is 8.41. The molecule has 0 fully saturated rings. The Morgan fingerprint density at radius 3 is 1.41 bits per heavy atom. The van der Waals surface area contributed by atoms with Gasteiger partial charge in [0, 0.05) is 54.8 Å². The van der Waals surface area contributed by atoms with Crippen molar-refractivity contribution in [2.75, 3.05) is 0 Å². The third-order valence-electron chi connectivity index (χ3n) is 10.4. The van der Waals surface area contributed by atoms with Crippen LogP contribution in [0.25, 0.3) is 93.3 Å². The van der Waals surface area contributed by atoms with Gasteiger partial charge in [-0.1, -0.05) is 109 Å². The van der Waals surface area contributed by atoms with Gasteiger partial charge in [-0.2, -0.15) is 0 Å². The zero-order chi connectivity index (χ0) is 32.1. The topological polar surface area (TPSA) is 14.8 Å². The van der Waals surface area contributed by atoms with E-state index in [1.807, 2.05) is 0 Å². The van der Waals surface area contributed by atoms with Crippen LogP contribution in [0.2, 0.25) is 0 Å². The number of para-hydroxylation sites is 5. The van der Waals surface area contributed by atoms with Crippen LogP contribution in [0, 0.1) is 0 Å². The van der Waals surface area contributed by atoms with E-state index in [1.165, 1.54) is 87.6 Å². The minimum atomic E-state index is 1.16. The molecule has 0 radical (unpaired) electrons. The van der Waals surface area contributed by atoms with Crippen molar-refractivity contribution < 1.29 is 0 Å². The second-order valence-corrected chi connectivity index (χ2v) is 12.9. The Hall–Kier alpha value is -6.58. The third-order valence-corrected chi connectivity index (χ3v) is 10.4. The molecule has 0 unspecified atom stereocenters. The lowest BCUT2D eigenvalue weighted by molar-refractivity contribution is 1.17. The number of benzene rings is 8. The summed E-state index contributed by atoms with van der Waals surface area (Å²) in [6, 6.07) is 64.1. The summed E-state index contributed by atoms with van der Waals surface area (Å²) in [6.45, 7) is 0. The molecule has 3 nitrogen and oxygen atoms in total. The maximum atomic E-state index is 2.45. The number of nitrogens with zero attached hydrogens (tertiary/aromatic N) is 3. The average Bonchev–Trinajstić information content (AvgIpc) is 3.81. The van der Waals surface area contributed by atoms with Gasteiger partial charge in [-0.3, -0.25) is 0 Å². The van der Waals surface area contributed by atoms with Crippen LogP contribution in [0.1, 0.15) is 0 Å². The minimum absolute atomic E-state index is 1.16. The van der Waals surface area contributed by atoms with Gasteiger partial charge in [0.2, 0.25) is 0 Å². The SMILES string of the molecule is c1ccc(-n2c3ccccc3c3cc(-n4c5ccccc5c5c6ccc7c8ccccc8n(-c8ccccc8)c7c6ccc54)ccc32)cc1. The molecule has 0 spiro atoms. The van der Waals surface area contributed by atoms with Crippen LogP contribution < -0.4 is 0 Å². The Morgan fingerprint density at radius 2 is 0.694 bits per heavy atom. The van der Waals surface area contributed by atoms with Crippen LogP contribution >= 0.6 is 0 Å². The molecule has 0 saturated heterocycles. The van der Waals surface area contributed by atoms with Gasteiger partial charge in [0.1, 0.15) is 0 Å². The first-order valence-corrected chi connectivity index (χ1v) is 16.9. The van der Waals surface area contributed by atoms with Gasteiger partial charge in [0.25, 0.3) is 0 Å². The summed E-state index contributed by atoms with van der Waals surface area (Å²) in [5.41, 5.74) is 10.8. The molecule has 0 N–H and O–H groups in total. The predicted molar refractivity (Wildman–Crippen MR) is 207 cm³/mol. The monoisotopic (exact) mass is 623 g/mol. The maximum absolute atomic E-state index is 2.45. The average molecular weight is 624 g/mol. The molecule has 3 heteroatoms. The van der Waals surface area contributed by atoms with Crippen molar-refractivity contribution in [1.82, 2.24) is 13.7 Å². The third kappa shape index (κ3) is 3.62. The van der Waals surface area contributed by atoms with E-state index in [0.29, 0.717) is 0 Å². The fraction of sp³-hybridized carbons (Fsp3) is 0. The first-order chi connectivity index (χ1) is 24.3. The molecule has 3 aromatic heterocycles. The quantitative estimate of drug-likeness (QED) is 0.186. The van der Waals surface area contributed by atoms with E-state index in [2.05, 4.69) is 190 Å². The Balaban J connectivity index is 1.23. The van der Waals surface area contributed by atoms with Gasteiger partial charge in [-0.15, -0.1) is 0 Å². The van der Waals surface area contributed by atoms with E-state index in [0.717, 1.165) is 5.69 Å². The second-order valence-electron chi connectivity index (χ2n) is 12.9. The normalized spacial score (nSPS) is 12.1. The van der Waals surface area contributed by atoms with Gasteiger partial charge in [0.15, 0.2) is 0 Å². The Bertz CT molecular complexity index is 3090. The van der Waals surface area contributed by atoms with Crippen LogP contribution in [-0.2, 0) is 0 Å². The summed E-state index contributed by atoms with van der Waals surface area (Å²) in [6.07, 6.45) is 0. The molecule has 228 valence electrons. The van der Waals surface area contributed by atoms with Gasteiger partial charge >= 0.3 is 0 Å². The summed E-state index contributed by atoms with van der Waals surface area (Å²) in [5.74, 6) is 0. The van der Waals surface area contributed by atoms with E-state index in [1.54, 1.807) is 0 Å². The molecule has 8 aromatic carbocycles. The number of rotatable bonds is 3. The van der Waals surface area contributed by atoms with Crippen LogP contribution in [0.15, 0.2) is 176 Å². The lowest BCUT2D eigenvalue weighted by atomic mass is 10.0. The van der Waals surface area contributed by atoms with Crippen LogP contribution in [0.5, 0.6) is 0 Å². The molecule has 11 rings (SSSR count). The molecule has 0 atom stereocenters. The first kappa shape index (κ1) is 26.5. The molecule has 0 saturated carbocycles. The second kappa shape index (κ2) is 9.96. The number of fused-ring (bicyclic) bond motifs is 12. The Labute approximate surface area is 282 Å². The summed E-state index contributed by atoms with van der Waals surface area (Å²) in [5, 5.41) is 10.1. The van der Waals surface area contributed by atoms with Gasteiger partial charge < -0.3 is 13.7 Å². The van der Waals surface area contributed by atoms with Crippen molar-refractivity contribution in [2.24, 2.45) is 0 Å². The number of aromatic nitrogens is 3. The van der Waals surface area contributed by atoms with Crippen molar-refractivity contribution in [3.05, 3.63) is 176 Å². The van der Waals surface area contributed by atoms with Gasteiger partial charge in [-0.05, 0) is 72.1 Å². The highest BCUT2D eigenvalue weighted by atomic mass is 15.0. The lowest BCUT2D eigenvalue weighted by Gasteiger charge is -2.12. The summed E-state index contributed by atoms with van der Waals surface area (Å²) in [4.78, 5) is 0. The van der Waals surface area contributed by atoms with E-state index < -0.39 is 0 Å². The lowest BCUT2D eigenvalue weighted by Crippen LogP contribution is -1.96. The molecule has 0 amide bonds. The summed E-state index contributed by atoms with van der Waals surface area (Å²) < 4.78 is 7.27. The first-order valence-electron chi connectivity index (χ1n) is 16.9. The van der Waals surface area contributed by atoms with Crippen molar-refractivity contribution in [3.8, 4) is 17.1 Å². The number of hydrogen-bond donors (Lipinski definition) is 0. The van der Waals surface area contributed by atoms with Crippen LogP contribution in [0.4, 0.5) is 0 Å². The van der Waals surface area contributed by atoms with E-state index >= 15 is 0 Å². The van der Waals surface area contributed by atoms with E-state index in [-0.39, 0.29) is 0 Å². The van der Waals surface area contributed by atoms with E-state index in [9.17, 15) is 0 Å². The van der Waals surface area contributed by atoms with Crippen LogP contribution in [-0.4, -0.2) is 13.7 Å². The van der Waals surface area contributed by atoms with Crippen molar-refractivity contribution in [3.63, 3.8) is 0 Å². The zero-order valence-corrected chi connectivity index (χ0v) is 26.6. The molecule has 0 aliphatic carbocycles. The molecule has 0 bridgehead atoms. The molecular formula is C46H29N3. The minimum Gasteiger partial charge on any atom is -0.309 e. The fourth-order valence-corrected chi connectivity index (χ4v) is 8.41. The Kier molecular flexibility index (Phi) is 5.38. The van der Waals surface area contributed by atoms with Crippen LogP contribution in [0.3, 0.4) is 0 Å². The van der Waals surface area contributed by atoms with Crippen molar-refractivity contribution >= 4 is 76.2 Å². The van der Waals surface area contributed by atoms with E-state index in [4.69, 9.17) is 0 Å². The Morgan fingerprint density at radius 1 is 0.245 bits per heavy atom. The van der Waals surface area contributed by atoms with Gasteiger partial charge in [-0.25, -0.2) is 0 Å². The largest absolute Gasteiger partial charge is 0.309 e. The predicted octanol–water partition coefficient (Wildman–Crippen LogP) is 12.1. The smallest absolute Gasteiger partial charge is 0.0619 e. The molecule has 11 aromatic rings. The molecule has 49 heavy (non-hydrogen) atoms. The highest BCUT2D eigenvalue weighted by Gasteiger charge is 2.20. The number of hydrogen-bond acceptors (Lipinski definition) is 0. The van der Waals surface area contributed by atoms with Crippen molar-refractivity contribution in [2.45, 2.75) is 0 Å². The maximum Gasteiger partial charge on any atom is 0.0619 e. The standard InChI is InChI=1S/C46H29N3/c1-3-13-30(14-4-1)47-40-20-10-8-18-34(40)39-29-32(23-27-43(39)47)48-42-22-12-9-19-38(42)45-35-24-25-36-33-17-7-11-21-41(33)49(31-15-5-2-6-16-31)46(36)37(35)26-28-44(45)48/h1-29H. The highest BCUT2D eigenvalue weighted by Crippen LogP contribution is 2.43.